The van der Waals surface area contributed by atoms with Gasteiger partial charge in [0.15, 0.2) is 4.98 Å². The SMILES string of the molecule is N#[N+]c1ccc2c(S(=O)(=O)Oc3ccc(Oc4ccccc4)cc3)cccc2c1[O-]. The summed E-state index contributed by atoms with van der Waals surface area (Å²) in [5.74, 6) is 0.690. The predicted octanol–water partition coefficient (Wildman–Crippen LogP) is 4.96. The number of rotatable bonds is 5. The quantitative estimate of drug-likeness (QED) is 0.335. The van der Waals surface area contributed by atoms with Gasteiger partial charge < -0.3 is 14.0 Å². The van der Waals surface area contributed by atoms with Crippen LogP contribution in [0.1, 0.15) is 0 Å². The molecule has 0 heterocycles. The predicted molar refractivity (Wildman–Crippen MR) is 109 cm³/mol. The summed E-state index contributed by atoms with van der Waals surface area (Å²) in [6.07, 6.45) is 0. The van der Waals surface area contributed by atoms with Gasteiger partial charge in [0, 0.05) is 11.5 Å². The normalized spacial score (nSPS) is 11.0. The Bertz CT molecular complexity index is 1360. The van der Waals surface area contributed by atoms with Crippen LogP contribution in [-0.4, -0.2) is 8.42 Å². The Morgan fingerprint density at radius 2 is 1.40 bits per heavy atom. The zero-order chi connectivity index (χ0) is 21.1. The molecule has 7 nitrogen and oxygen atoms in total. The molecule has 0 saturated heterocycles. The summed E-state index contributed by atoms with van der Waals surface area (Å²) in [4.78, 5) is 2.75. The maximum atomic E-state index is 12.8. The van der Waals surface area contributed by atoms with Gasteiger partial charge in [-0.05, 0) is 59.7 Å². The zero-order valence-corrected chi connectivity index (χ0v) is 16.2. The summed E-state index contributed by atoms with van der Waals surface area (Å²) in [5.41, 5.74) is -0.174. The highest BCUT2D eigenvalue weighted by Gasteiger charge is 2.21. The van der Waals surface area contributed by atoms with Gasteiger partial charge in [-0.2, -0.15) is 8.42 Å². The van der Waals surface area contributed by atoms with E-state index in [1.807, 2.05) is 18.2 Å². The van der Waals surface area contributed by atoms with Crippen molar-refractivity contribution in [2.24, 2.45) is 0 Å². The Morgan fingerprint density at radius 1 is 0.733 bits per heavy atom. The van der Waals surface area contributed by atoms with Gasteiger partial charge in [-0.15, -0.1) is 0 Å². The molecule has 0 aliphatic heterocycles. The molecule has 4 aromatic rings. The van der Waals surface area contributed by atoms with Gasteiger partial charge in [0.1, 0.15) is 22.1 Å². The first kappa shape index (κ1) is 19.2. The van der Waals surface area contributed by atoms with Gasteiger partial charge in [-0.25, -0.2) is 0 Å². The second kappa shape index (κ2) is 7.73. The highest BCUT2D eigenvalue weighted by atomic mass is 32.2. The molecule has 0 fully saturated rings. The lowest BCUT2D eigenvalue weighted by Gasteiger charge is -2.12. The van der Waals surface area contributed by atoms with Crippen molar-refractivity contribution < 1.29 is 22.4 Å². The third-order valence-corrected chi connectivity index (χ3v) is 5.64. The molecule has 4 rings (SSSR count). The molecule has 0 N–H and O–H groups in total. The molecule has 0 aliphatic rings. The van der Waals surface area contributed by atoms with Crippen molar-refractivity contribution in [2.75, 3.05) is 0 Å². The lowest BCUT2D eigenvalue weighted by Crippen LogP contribution is -2.10. The number of para-hydroxylation sites is 1. The minimum Gasteiger partial charge on any atom is -0.867 e. The molecule has 30 heavy (non-hydrogen) atoms. The van der Waals surface area contributed by atoms with Gasteiger partial charge in [-0.3, -0.25) is 0 Å². The number of hydrogen-bond acceptors (Lipinski definition) is 6. The standard InChI is InChI=1S/C22H14N2O5S/c23-24-20-14-13-18-19(22(20)25)7-4-8-21(18)30(26,27)29-17-11-9-16(10-12-17)28-15-5-2-1-3-6-15/h1-14H. The van der Waals surface area contributed by atoms with Crippen molar-refractivity contribution in [1.29, 1.82) is 5.39 Å². The van der Waals surface area contributed by atoms with Crippen LogP contribution in [0, 0.1) is 5.39 Å². The molecule has 0 aliphatic carbocycles. The third kappa shape index (κ3) is 3.74. The maximum Gasteiger partial charge on any atom is 0.378 e. The second-order valence-corrected chi connectivity index (χ2v) is 7.80. The van der Waals surface area contributed by atoms with Crippen LogP contribution in [-0.2, 0) is 10.1 Å². The van der Waals surface area contributed by atoms with Crippen LogP contribution in [0.4, 0.5) is 5.69 Å². The average Bonchev–Trinajstić information content (AvgIpc) is 2.76. The van der Waals surface area contributed by atoms with Crippen molar-refractivity contribution in [3.8, 4) is 23.0 Å². The Morgan fingerprint density at radius 3 is 2.10 bits per heavy atom. The number of diazo groups is 1. The largest absolute Gasteiger partial charge is 0.867 e. The Balaban J connectivity index is 1.62. The molecule has 8 heteroatoms. The summed E-state index contributed by atoms with van der Waals surface area (Å²) >= 11 is 0. The van der Waals surface area contributed by atoms with Gasteiger partial charge in [0.25, 0.3) is 0 Å². The molecule has 0 aromatic heterocycles. The molecule has 0 bridgehead atoms. The molecule has 0 saturated carbocycles. The van der Waals surface area contributed by atoms with E-state index in [0.29, 0.717) is 11.5 Å². The number of hydrogen-bond donors (Lipinski definition) is 0. The van der Waals surface area contributed by atoms with E-state index >= 15 is 0 Å². The first-order valence-electron chi connectivity index (χ1n) is 8.83. The summed E-state index contributed by atoms with van der Waals surface area (Å²) in [5, 5.41) is 21.5. The van der Waals surface area contributed by atoms with Gasteiger partial charge in [0.05, 0.1) is 0 Å². The van der Waals surface area contributed by atoms with Crippen molar-refractivity contribution in [2.45, 2.75) is 4.90 Å². The summed E-state index contributed by atoms with van der Waals surface area (Å²) < 4.78 is 36.6. The lowest BCUT2D eigenvalue weighted by molar-refractivity contribution is -0.264. The second-order valence-electron chi connectivity index (χ2n) is 6.29. The molecule has 0 amide bonds. The van der Waals surface area contributed by atoms with Crippen molar-refractivity contribution >= 4 is 26.6 Å². The number of ether oxygens (including phenoxy) is 1. The minimum atomic E-state index is -4.22. The minimum absolute atomic E-state index is 0.0942. The summed E-state index contributed by atoms with van der Waals surface area (Å²) in [6.45, 7) is 0. The fourth-order valence-electron chi connectivity index (χ4n) is 2.95. The molecule has 0 atom stereocenters. The monoisotopic (exact) mass is 418 g/mol. The van der Waals surface area contributed by atoms with E-state index in [4.69, 9.17) is 14.3 Å². The van der Waals surface area contributed by atoms with Gasteiger partial charge >= 0.3 is 15.8 Å². The first-order chi connectivity index (χ1) is 14.5. The van der Waals surface area contributed by atoms with Crippen LogP contribution in [0.5, 0.6) is 23.0 Å². The number of nitrogens with zero attached hydrogens (tertiary/aromatic N) is 2. The Hall–Kier alpha value is -4.09. The Labute approximate surface area is 172 Å². The van der Waals surface area contributed by atoms with E-state index in [2.05, 4.69) is 4.98 Å². The van der Waals surface area contributed by atoms with Crippen molar-refractivity contribution in [3.05, 3.63) is 89.9 Å². The van der Waals surface area contributed by atoms with E-state index in [1.54, 1.807) is 24.3 Å². The molecule has 148 valence electrons. The van der Waals surface area contributed by atoms with E-state index in [1.165, 1.54) is 42.5 Å². The van der Waals surface area contributed by atoms with Gasteiger partial charge in [0.2, 0.25) is 5.39 Å². The van der Waals surface area contributed by atoms with E-state index in [0.717, 1.165) is 0 Å². The number of benzene rings is 4. The molecular weight excluding hydrogens is 404 g/mol. The fourth-order valence-corrected chi connectivity index (χ4v) is 4.09. The topological polar surface area (TPSA) is 104 Å². The van der Waals surface area contributed by atoms with Crippen LogP contribution in [0.2, 0.25) is 0 Å². The lowest BCUT2D eigenvalue weighted by atomic mass is 10.1. The van der Waals surface area contributed by atoms with Gasteiger partial charge in [-0.1, -0.05) is 30.3 Å². The molecule has 0 spiro atoms. The highest BCUT2D eigenvalue weighted by Crippen LogP contribution is 2.36. The molecule has 4 aromatic carbocycles. The van der Waals surface area contributed by atoms with Crippen LogP contribution < -0.4 is 14.0 Å². The van der Waals surface area contributed by atoms with Crippen LogP contribution in [0.15, 0.2) is 89.8 Å². The molecular formula is C22H14N2O5S. The molecule has 0 radical (unpaired) electrons. The van der Waals surface area contributed by atoms with E-state index in [9.17, 15) is 13.5 Å². The highest BCUT2D eigenvalue weighted by molar-refractivity contribution is 7.87. The smallest absolute Gasteiger partial charge is 0.378 e. The third-order valence-electron chi connectivity index (χ3n) is 4.34. The van der Waals surface area contributed by atoms with Crippen molar-refractivity contribution in [1.82, 2.24) is 0 Å². The summed E-state index contributed by atoms with van der Waals surface area (Å²) in [6, 6.07) is 22.2. The van der Waals surface area contributed by atoms with Crippen LogP contribution >= 0.6 is 0 Å². The average molecular weight is 418 g/mol. The molecule has 0 unspecified atom stereocenters. The maximum absolute atomic E-state index is 12.8. The van der Waals surface area contributed by atoms with Crippen LogP contribution in [0.25, 0.3) is 15.7 Å². The summed E-state index contributed by atoms with van der Waals surface area (Å²) in [7, 11) is -4.22. The zero-order valence-electron chi connectivity index (χ0n) is 15.4. The Kier molecular flexibility index (Phi) is 4.96. The fraction of sp³-hybridized carbons (Fsp3) is 0. The number of fused-ring (bicyclic) bond motifs is 1. The van der Waals surface area contributed by atoms with E-state index in [-0.39, 0.29) is 27.1 Å². The van der Waals surface area contributed by atoms with E-state index < -0.39 is 15.9 Å². The van der Waals surface area contributed by atoms with Crippen LogP contribution in [0.3, 0.4) is 0 Å². The first-order valence-corrected chi connectivity index (χ1v) is 10.2. The van der Waals surface area contributed by atoms with Crippen molar-refractivity contribution in [3.63, 3.8) is 0 Å².